The molecule has 0 spiro atoms. The van der Waals surface area contributed by atoms with E-state index in [1.807, 2.05) is 0 Å². The maximum Gasteiger partial charge on any atom is 0.272 e. The van der Waals surface area contributed by atoms with E-state index < -0.39 is 26.3 Å². The summed E-state index contributed by atoms with van der Waals surface area (Å²) in [6.45, 7) is 1.99. The molecule has 0 bridgehead atoms. The fraction of sp³-hybridized carbons (Fsp3) is 0.208. The molecule has 1 aliphatic rings. The van der Waals surface area contributed by atoms with Gasteiger partial charge in [-0.2, -0.15) is 0 Å². The number of carbonyl (C=O) groups is 1. The van der Waals surface area contributed by atoms with Crippen LogP contribution in [0.25, 0.3) is 16.8 Å². The lowest BCUT2D eigenvalue weighted by Crippen LogP contribution is -2.41. The second-order valence-electron chi connectivity index (χ2n) is 8.06. The third-order valence-corrected chi connectivity index (χ3v) is 7.82. The van der Waals surface area contributed by atoms with Crippen LogP contribution in [0.4, 0.5) is 4.39 Å². The summed E-state index contributed by atoms with van der Waals surface area (Å²) in [4.78, 5) is 22.8. The Hall–Kier alpha value is -3.34. The highest BCUT2D eigenvalue weighted by molar-refractivity contribution is 7.90. The fourth-order valence-electron chi connectivity index (χ4n) is 3.97. The molecule has 0 radical (unpaired) electrons. The predicted molar refractivity (Wildman–Crippen MR) is 127 cm³/mol. The number of aromatic nitrogens is 3. The molecule has 1 amide bonds. The van der Waals surface area contributed by atoms with Gasteiger partial charge in [-0.1, -0.05) is 23.7 Å². The number of fused-ring (bicyclic) bond motifs is 1. The predicted octanol–water partition coefficient (Wildman–Crippen LogP) is 3.64. The topological polar surface area (TPSA) is 93.9 Å². The standard InChI is InChI=1S/C24H20ClFN4O4S/c25-23-18(15-35(32,33)21-4-2-1-3-19(21)26)11-17(12-28-23)16-5-6-22-27-13-20(30(22)14-16)24(31)29-7-9-34-10-8-29/h1-6,11-14H,7-10,15H2. The monoisotopic (exact) mass is 514 g/mol. The SMILES string of the molecule is O=C(c1cnc2ccc(-c3cnc(Cl)c(CS(=O)(=O)c4ccccc4F)c3)cn12)N1CCOCC1. The number of pyridine rings is 2. The summed E-state index contributed by atoms with van der Waals surface area (Å²) < 4.78 is 46.8. The second kappa shape index (κ2) is 9.37. The zero-order valence-electron chi connectivity index (χ0n) is 18.4. The normalized spacial score (nSPS) is 14.4. The molecule has 1 aromatic carbocycles. The number of ether oxygens (including phenoxy) is 1. The minimum atomic E-state index is -4.00. The quantitative estimate of drug-likeness (QED) is 0.377. The molecule has 0 N–H and O–H groups in total. The Kier molecular flexibility index (Phi) is 6.26. The van der Waals surface area contributed by atoms with E-state index in [4.69, 9.17) is 16.3 Å². The van der Waals surface area contributed by atoms with Crippen molar-refractivity contribution in [1.29, 1.82) is 0 Å². The van der Waals surface area contributed by atoms with E-state index in [0.717, 1.165) is 6.07 Å². The van der Waals surface area contributed by atoms with Crippen LogP contribution in [-0.4, -0.2) is 59.9 Å². The third-order valence-electron chi connectivity index (χ3n) is 5.79. The van der Waals surface area contributed by atoms with Crippen LogP contribution in [0.1, 0.15) is 16.1 Å². The minimum absolute atomic E-state index is 0.0144. The summed E-state index contributed by atoms with van der Waals surface area (Å²) in [7, 11) is -4.00. The molecule has 0 unspecified atom stereocenters. The van der Waals surface area contributed by atoms with Crippen LogP contribution in [0.5, 0.6) is 0 Å². The summed E-state index contributed by atoms with van der Waals surface area (Å²) >= 11 is 6.20. The highest BCUT2D eigenvalue weighted by Gasteiger charge is 2.23. The number of rotatable bonds is 5. The summed E-state index contributed by atoms with van der Waals surface area (Å²) in [5, 5.41) is 0.0144. The first-order valence-corrected chi connectivity index (χ1v) is 12.8. The van der Waals surface area contributed by atoms with E-state index >= 15 is 0 Å². The van der Waals surface area contributed by atoms with Gasteiger partial charge in [0, 0.05) is 42.2 Å². The lowest BCUT2D eigenvalue weighted by Gasteiger charge is -2.26. The molecule has 1 fully saturated rings. The number of morpholine rings is 1. The lowest BCUT2D eigenvalue weighted by molar-refractivity contribution is 0.0298. The number of nitrogens with zero attached hydrogens (tertiary/aromatic N) is 4. The van der Waals surface area contributed by atoms with Crippen molar-refractivity contribution < 1.29 is 22.3 Å². The molecule has 0 aliphatic carbocycles. The van der Waals surface area contributed by atoms with Gasteiger partial charge in [-0.3, -0.25) is 9.20 Å². The van der Waals surface area contributed by atoms with Gasteiger partial charge >= 0.3 is 0 Å². The smallest absolute Gasteiger partial charge is 0.272 e. The highest BCUT2D eigenvalue weighted by atomic mass is 35.5. The molecule has 4 heterocycles. The number of hydrogen-bond donors (Lipinski definition) is 0. The van der Waals surface area contributed by atoms with E-state index in [1.54, 1.807) is 33.7 Å². The Labute approximate surface area is 205 Å². The number of benzene rings is 1. The Bertz CT molecular complexity index is 1530. The Morgan fingerprint density at radius 1 is 1.06 bits per heavy atom. The molecule has 1 saturated heterocycles. The largest absolute Gasteiger partial charge is 0.378 e. The minimum Gasteiger partial charge on any atom is -0.378 e. The number of hydrogen-bond acceptors (Lipinski definition) is 6. The van der Waals surface area contributed by atoms with Crippen LogP contribution in [0.15, 0.2) is 66.0 Å². The van der Waals surface area contributed by atoms with Gasteiger partial charge in [-0.25, -0.2) is 22.8 Å². The highest BCUT2D eigenvalue weighted by Crippen LogP contribution is 2.28. The van der Waals surface area contributed by atoms with Gasteiger partial charge in [0.25, 0.3) is 5.91 Å². The zero-order chi connectivity index (χ0) is 24.6. The van der Waals surface area contributed by atoms with Gasteiger partial charge in [-0.15, -0.1) is 0 Å². The van der Waals surface area contributed by atoms with Gasteiger partial charge in [0.2, 0.25) is 0 Å². The van der Waals surface area contributed by atoms with Crippen molar-refractivity contribution in [3.63, 3.8) is 0 Å². The first-order valence-electron chi connectivity index (χ1n) is 10.8. The van der Waals surface area contributed by atoms with Gasteiger partial charge < -0.3 is 9.64 Å². The van der Waals surface area contributed by atoms with Crippen molar-refractivity contribution in [2.24, 2.45) is 0 Å². The Morgan fingerprint density at radius 3 is 2.60 bits per heavy atom. The Balaban J connectivity index is 1.49. The number of imidazole rings is 1. The van der Waals surface area contributed by atoms with E-state index in [2.05, 4.69) is 9.97 Å². The molecule has 3 aromatic heterocycles. The average Bonchev–Trinajstić information content (AvgIpc) is 3.29. The molecule has 35 heavy (non-hydrogen) atoms. The van der Waals surface area contributed by atoms with Crippen molar-refractivity contribution in [3.8, 4) is 11.1 Å². The van der Waals surface area contributed by atoms with E-state index in [0.29, 0.717) is 48.8 Å². The molecule has 0 atom stereocenters. The summed E-state index contributed by atoms with van der Waals surface area (Å²) in [6, 6.07) is 10.4. The van der Waals surface area contributed by atoms with Crippen LogP contribution in [0.3, 0.4) is 0 Å². The molecule has 4 aromatic rings. The zero-order valence-corrected chi connectivity index (χ0v) is 20.0. The second-order valence-corrected chi connectivity index (χ2v) is 10.4. The van der Waals surface area contributed by atoms with E-state index in [-0.39, 0.29) is 16.6 Å². The number of sulfone groups is 1. The van der Waals surface area contributed by atoms with Crippen molar-refractivity contribution in [3.05, 3.63) is 83.3 Å². The first kappa shape index (κ1) is 23.4. The third kappa shape index (κ3) is 4.64. The van der Waals surface area contributed by atoms with E-state index in [1.165, 1.54) is 30.6 Å². The maximum absolute atomic E-state index is 14.1. The molecule has 5 rings (SSSR count). The van der Waals surface area contributed by atoms with Gasteiger partial charge in [0.1, 0.15) is 27.2 Å². The van der Waals surface area contributed by atoms with Gasteiger partial charge in [0.15, 0.2) is 9.84 Å². The molecular weight excluding hydrogens is 495 g/mol. The van der Waals surface area contributed by atoms with Crippen LogP contribution in [0.2, 0.25) is 5.15 Å². The number of carbonyl (C=O) groups excluding carboxylic acids is 1. The number of halogens is 2. The van der Waals surface area contributed by atoms with Crippen molar-refractivity contribution >= 4 is 33.0 Å². The lowest BCUT2D eigenvalue weighted by atomic mass is 10.1. The van der Waals surface area contributed by atoms with Crippen LogP contribution >= 0.6 is 11.6 Å². The molecule has 180 valence electrons. The van der Waals surface area contributed by atoms with Crippen molar-refractivity contribution in [1.82, 2.24) is 19.3 Å². The van der Waals surface area contributed by atoms with Crippen molar-refractivity contribution in [2.45, 2.75) is 10.6 Å². The molecule has 11 heteroatoms. The first-order chi connectivity index (χ1) is 16.8. The van der Waals surface area contributed by atoms with E-state index in [9.17, 15) is 17.6 Å². The molecule has 8 nitrogen and oxygen atoms in total. The summed E-state index contributed by atoms with van der Waals surface area (Å²) in [6.07, 6.45) is 4.79. The van der Waals surface area contributed by atoms with Gasteiger partial charge in [-0.05, 0) is 30.3 Å². The summed E-state index contributed by atoms with van der Waals surface area (Å²) in [5.41, 5.74) is 2.51. The van der Waals surface area contributed by atoms with Crippen molar-refractivity contribution in [2.75, 3.05) is 26.3 Å². The Morgan fingerprint density at radius 2 is 1.83 bits per heavy atom. The van der Waals surface area contributed by atoms with Crippen LogP contribution in [-0.2, 0) is 20.3 Å². The van der Waals surface area contributed by atoms with Gasteiger partial charge in [0.05, 0.1) is 25.2 Å². The maximum atomic E-state index is 14.1. The summed E-state index contributed by atoms with van der Waals surface area (Å²) in [5.74, 6) is -1.48. The van der Waals surface area contributed by atoms with Crippen LogP contribution in [0, 0.1) is 5.82 Å². The fourth-order valence-corrected chi connectivity index (χ4v) is 5.66. The van der Waals surface area contributed by atoms with Crippen LogP contribution < -0.4 is 0 Å². The molecule has 0 saturated carbocycles. The number of amides is 1. The average molecular weight is 515 g/mol. The molecule has 1 aliphatic heterocycles. The molecular formula is C24H20ClFN4O4S.